The summed E-state index contributed by atoms with van der Waals surface area (Å²) in [4.78, 5) is 14.2. The minimum absolute atomic E-state index is 0.295. The number of carbonyl (C=O) groups excluding carboxylic acids is 1. The molecule has 0 saturated heterocycles. The lowest BCUT2D eigenvalue weighted by Crippen LogP contribution is -2.15. The van der Waals surface area contributed by atoms with E-state index < -0.39 is 0 Å². The van der Waals surface area contributed by atoms with E-state index in [0.717, 1.165) is 5.69 Å². The molecule has 0 aliphatic heterocycles. The van der Waals surface area contributed by atoms with Crippen LogP contribution in [-0.4, -0.2) is 17.4 Å². The van der Waals surface area contributed by atoms with Crippen LogP contribution in [-0.2, 0) is 4.79 Å². The number of nitrogens with one attached hydrogen (secondary N) is 1. The van der Waals surface area contributed by atoms with Crippen molar-refractivity contribution in [1.29, 1.82) is 0 Å². The van der Waals surface area contributed by atoms with E-state index in [1.54, 1.807) is 12.4 Å². The van der Waals surface area contributed by atoms with Crippen molar-refractivity contribution in [2.45, 2.75) is 6.42 Å². The number of hydrogen-bond donors (Lipinski definition) is 2. The number of rotatable bonds is 4. The zero-order valence-corrected chi connectivity index (χ0v) is 6.66. The molecule has 0 atom stereocenters. The second-order valence-corrected chi connectivity index (χ2v) is 2.38. The number of nitrogens with zero attached hydrogens (tertiary/aromatic N) is 1. The fourth-order valence-electron chi connectivity index (χ4n) is 0.800. The first-order chi connectivity index (χ1) is 5.79. The van der Waals surface area contributed by atoms with Crippen molar-refractivity contribution in [2.24, 2.45) is 5.73 Å². The molecule has 1 amide bonds. The highest BCUT2D eigenvalue weighted by Crippen LogP contribution is 2.02. The molecule has 4 heteroatoms. The van der Waals surface area contributed by atoms with Gasteiger partial charge in [-0.3, -0.25) is 9.78 Å². The predicted octanol–water partition coefficient (Wildman–Crippen LogP) is 0.369. The molecule has 0 radical (unpaired) electrons. The van der Waals surface area contributed by atoms with E-state index in [2.05, 4.69) is 10.3 Å². The number of aromatic nitrogens is 1. The first-order valence-electron chi connectivity index (χ1n) is 3.71. The highest BCUT2D eigenvalue weighted by atomic mass is 16.1. The van der Waals surface area contributed by atoms with E-state index in [9.17, 15) is 4.79 Å². The number of nitrogens with two attached hydrogens (primary N) is 1. The number of carbonyl (C=O) groups is 1. The molecule has 0 fully saturated rings. The molecule has 64 valence electrons. The fourth-order valence-corrected chi connectivity index (χ4v) is 0.800. The lowest BCUT2D eigenvalue weighted by atomic mass is 10.3. The summed E-state index contributed by atoms with van der Waals surface area (Å²) in [6.45, 7) is 0.569. The zero-order valence-electron chi connectivity index (χ0n) is 6.66. The van der Waals surface area contributed by atoms with Gasteiger partial charge in [0, 0.05) is 31.0 Å². The van der Waals surface area contributed by atoms with Crippen LogP contribution >= 0.6 is 0 Å². The van der Waals surface area contributed by atoms with Crippen LogP contribution in [0.4, 0.5) is 5.69 Å². The van der Waals surface area contributed by atoms with Crippen LogP contribution < -0.4 is 11.1 Å². The van der Waals surface area contributed by atoms with Crippen LogP contribution in [0.5, 0.6) is 0 Å². The van der Waals surface area contributed by atoms with Crippen molar-refractivity contribution in [2.75, 3.05) is 11.9 Å². The Morgan fingerprint density at radius 2 is 2.17 bits per heavy atom. The van der Waals surface area contributed by atoms with Gasteiger partial charge in [0.15, 0.2) is 0 Å². The molecule has 1 heterocycles. The molecule has 0 bridgehead atoms. The first-order valence-corrected chi connectivity index (χ1v) is 3.71. The average Bonchev–Trinajstić information content (AvgIpc) is 2.05. The minimum Gasteiger partial charge on any atom is -0.384 e. The molecule has 0 unspecified atom stereocenters. The lowest BCUT2D eigenvalue weighted by molar-refractivity contribution is -0.117. The van der Waals surface area contributed by atoms with E-state index in [1.165, 1.54) is 0 Å². The largest absolute Gasteiger partial charge is 0.384 e. The van der Waals surface area contributed by atoms with E-state index in [4.69, 9.17) is 5.73 Å². The SMILES string of the molecule is NC(=O)CCNc1ccncc1. The number of amides is 1. The Morgan fingerprint density at radius 1 is 1.50 bits per heavy atom. The molecular formula is C8H11N3O. The normalized spacial score (nSPS) is 9.33. The summed E-state index contributed by atoms with van der Waals surface area (Å²) in [6.07, 6.45) is 3.72. The van der Waals surface area contributed by atoms with E-state index in [-0.39, 0.29) is 5.91 Å². The third-order valence-corrected chi connectivity index (χ3v) is 1.38. The standard InChI is InChI=1S/C8H11N3O/c9-8(12)3-6-11-7-1-4-10-5-2-7/h1-2,4-5H,3,6H2,(H2,9,12)(H,10,11). The maximum atomic E-state index is 10.4. The molecule has 0 saturated carbocycles. The smallest absolute Gasteiger partial charge is 0.219 e. The fraction of sp³-hybridized carbons (Fsp3) is 0.250. The van der Waals surface area contributed by atoms with Gasteiger partial charge in [0.05, 0.1) is 0 Å². The second-order valence-electron chi connectivity index (χ2n) is 2.38. The van der Waals surface area contributed by atoms with Crippen LogP contribution in [0.1, 0.15) is 6.42 Å². The number of pyridine rings is 1. The highest BCUT2D eigenvalue weighted by molar-refractivity contribution is 5.74. The van der Waals surface area contributed by atoms with Crippen molar-refractivity contribution >= 4 is 11.6 Å². The van der Waals surface area contributed by atoms with Gasteiger partial charge in [0.1, 0.15) is 0 Å². The Bertz CT molecular complexity index is 248. The van der Waals surface area contributed by atoms with Crippen LogP contribution in [0.15, 0.2) is 24.5 Å². The Hall–Kier alpha value is -1.58. The first kappa shape index (κ1) is 8.52. The van der Waals surface area contributed by atoms with Gasteiger partial charge in [-0.2, -0.15) is 0 Å². The van der Waals surface area contributed by atoms with Gasteiger partial charge in [-0.05, 0) is 12.1 Å². The van der Waals surface area contributed by atoms with Gasteiger partial charge in [-0.1, -0.05) is 0 Å². The van der Waals surface area contributed by atoms with E-state index >= 15 is 0 Å². The summed E-state index contributed by atoms with van der Waals surface area (Å²) in [5, 5.41) is 3.04. The number of hydrogen-bond acceptors (Lipinski definition) is 3. The highest BCUT2D eigenvalue weighted by Gasteiger charge is 1.93. The quantitative estimate of drug-likeness (QED) is 0.677. The monoisotopic (exact) mass is 165 g/mol. The van der Waals surface area contributed by atoms with Crippen molar-refractivity contribution in [3.63, 3.8) is 0 Å². The molecule has 1 aromatic heterocycles. The summed E-state index contributed by atoms with van der Waals surface area (Å²) < 4.78 is 0. The minimum atomic E-state index is -0.295. The van der Waals surface area contributed by atoms with Gasteiger partial charge >= 0.3 is 0 Å². The average molecular weight is 165 g/mol. The van der Waals surface area contributed by atoms with Crippen LogP contribution in [0, 0.1) is 0 Å². The Balaban J connectivity index is 2.29. The van der Waals surface area contributed by atoms with E-state index in [0.29, 0.717) is 13.0 Å². The Labute approximate surface area is 70.8 Å². The predicted molar refractivity (Wildman–Crippen MR) is 46.5 cm³/mol. The summed E-state index contributed by atoms with van der Waals surface area (Å²) in [6, 6.07) is 3.67. The lowest BCUT2D eigenvalue weighted by Gasteiger charge is -2.02. The summed E-state index contributed by atoms with van der Waals surface area (Å²) in [5.74, 6) is -0.295. The van der Waals surface area contributed by atoms with Gasteiger partial charge in [-0.25, -0.2) is 0 Å². The third-order valence-electron chi connectivity index (χ3n) is 1.38. The zero-order chi connectivity index (χ0) is 8.81. The van der Waals surface area contributed by atoms with Crippen molar-refractivity contribution < 1.29 is 4.79 Å². The van der Waals surface area contributed by atoms with Gasteiger partial charge < -0.3 is 11.1 Å². The molecule has 0 aliphatic rings. The van der Waals surface area contributed by atoms with Crippen molar-refractivity contribution in [1.82, 2.24) is 4.98 Å². The van der Waals surface area contributed by atoms with Crippen molar-refractivity contribution in [3.8, 4) is 0 Å². The molecule has 0 aromatic carbocycles. The van der Waals surface area contributed by atoms with Crippen molar-refractivity contribution in [3.05, 3.63) is 24.5 Å². The molecule has 0 aliphatic carbocycles. The number of primary amides is 1. The summed E-state index contributed by atoms with van der Waals surface area (Å²) in [5.41, 5.74) is 5.92. The molecule has 1 rings (SSSR count). The van der Waals surface area contributed by atoms with Gasteiger partial charge in [-0.15, -0.1) is 0 Å². The van der Waals surface area contributed by atoms with Crippen LogP contribution in [0.25, 0.3) is 0 Å². The van der Waals surface area contributed by atoms with Crippen LogP contribution in [0.2, 0.25) is 0 Å². The summed E-state index contributed by atoms with van der Waals surface area (Å²) in [7, 11) is 0. The maximum Gasteiger partial charge on any atom is 0.219 e. The topological polar surface area (TPSA) is 68.0 Å². The molecule has 0 spiro atoms. The maximum absolute atomic E-state index is 10.4. The molecule has 1 aromatic rings. The summed E-state index contributed by atoms with van der Waals surface area (Å²) >= 11 is 0. The molecule has 3 N–H and O–H groups in total. The molecular weight excluding hydrogens is 154 g/mol. The Kier molecular flexibility index (Phi) is 3.07. The molecule has 12 heavy (non-hydrogen) atoms. The van der Waals surface area contributed by atoms with E-state index in [1.807, 2.05) is 12.1 Å². The second kappa shape index (κ2) is 4.33. The van der Waals surface area contributed by atoms with Crippen LogP contribution in [0.3, 0.4) is 0 Å². The van der Waals surface area contributed by atoms with Gasteiger partial charge in [0.25, 0.3) is 0 Å². The Morgan fingerprint density at radius 3 is 2.75 bits per heavy atom. The third kappa shape index (κ3) is 3.01. The number of anilines is 1. The molecule has 4 nitrogen and oxygen atoms in total. The van der Waals surface area contributed by atoms with Gasteiger partial charge in [0.2, 0.25) is 5.91 Å².